The molecular formula is C14H16N2O. The molecule has 2 aromatic rings. The quantitative estimate of drug-likeness (QED) is 0.775. The van der Waals surface area contributed by atoms with E-state index in [1.165, 1.54) is 5.56 Å². The van der Waals surface area contributed by atoms with Gasteiger partial charge in [-0.3, -0.25) is 0 Å². The van der Waals surface area contributed by atoms with Crippen molar-refractivity contribution in [1.29, 1.82) is 0 Å². The fourth-order valence-electron chi connectivity index (χ4n) is 1.58. The molecule has 17 heavy (non-hydrogen) atoms. The largest absolute Gasteiger partial charge is 0.457 e. The number of benzene rings is 2. The van der Waals surface area contributed by atoms with E-state index >= 15 is 0 Å². The normalized spacial score (nSPS) is 10.2. The first-order valence-electron chi connectivity index (χ1n) is 5.47. The van der Waals surface area contributed by atoms with E-state index < -0.39 is 0 Å². The standard InChI is InChI=1S/C14H16N2O/c1-9-4-3-5-14(10(9)2)17-11-6-7-12(15)13(16)8-11/h3-8H,15-16H2,1-2H3. The highest BCUT2D eigenvalue weighted by molar-refractivity contribution is 5.65. The lowest BCUT2D eigenvalue weighted by atomic mass is 10.1. The predicted molar refractivity (Wildman–Crippen MR) is 71.3 cm³/mol. The second-order valence-corrected chi connectivity index (χ2v) is 4.09. The van der Waals surface area contributed by atoms with Crippen molar-refractivity contribution in [3.63, 3.8) is 0 Å². The van der Waals surface area contributed by atoms with E-state index in [1.807, 2.05) is 25.1 Å². The van der Waals surface area contributed by atoms with Gasteiger partial charge in [0.2, 0.25) is 0 Å². The summed E-state index contributed by atoms with van der Waals surface area (Å²) in [4.78, 5) is 0. The number of aryl methyl sites for hydroxylation is 1. The number of anilines is 2. The van der Waals surface area contributed by atoms with Gasteiger partial charge in [0.25, 0.3) is 0 Å². The number of ether oxygens (including phenoxy) is 1. The van der Waals surface area contributed by atoms with Crippen molar-refractivity contribution in [3.8, 4) is 11.5 Å². The molecule has 0 unspecified atom stereocenters. The first-order chi connectivity index (χ1) is 8.08. The fourth-order valence-corrected chi connectivity index (χ4v) is 1.58. The molecule has 0 atom stereocenters. The van der Waals surface area contributed by atoms with Crippen molar-refractivity contribution in [3.05, 3.63) is 47.5 Å². The van der Waals surface area contributed by atoms with E-state index in [0.717, 1.165) is 11.3 Å². The average molecular weight is 228 g/mol. The Hall–Kier alpha value is -2.16. The minimum absolute atomic E-state index is 0.535. The molecule has 4 N–H and O–H groups in total. The molecule has 3 nitrogen and oxygen atoms in total. The maximum atomic E-state index is 5.79. The minimum Gasteiger partial charge on any atom is -0.457 e. The van der Waals surface area contributed by atoms with Crippen LogP contribution >= 0.6 is 0 Å². The summed E-state index contributed by atoms with van der Waals surface area (Å²) in [6.07, 6.45) is 0. The van der Waals surface area contributed by atoms with Crippen LogP contribution < -0.4 is 16.2 Å². The third-order valence-corrected chi connectivity index (χ3v) is 2.84. The minimum atomic E-state index is 0.535. The highest BCUT2D eigenvalue weighted by Crippen LogP contribution is 2.29. The number of hydrogen-bond acceptors (Lipinski definition) is 3. The Morgan fingerprint density at radius 3 is 2.41 bits per heavy atom. The summed E-state index contributed by atoms with van der Waals surface area (Å²) in [7, 11) is 0. The zero-order valence-electron chi connectivity index (χ0n) is 10.0. The van der Waals surface area contributed by atoms with E-state index in [4.69, 9.17) is 16.2 Å². The number of hydrogen-bond donors (Lipinski definition) is 2. The van der Waals surface area contributed by atoms with Crippen molar-refractivity contribution in [2.24, 2.45) is 0 Å². The third-order valence-electron chi connectivity index (χ3n) is 2.84. The third kappa shape index (κ3) is 2.33. The van der Waals surface area contributed by atoms with Gasteiger partial charge in [0.1, 0.15) is 11.5 Å². The van der Waals surface area contributed by atoms with Gasteiger partial charge in [0.15, 0.2) is 0 Å². The lowest BCUT2D eigenvalue weighted by Crippen LogP contribution is -1.95. The van der Waals surface area contributed by atoms with Gasteiger partial charge in [-0.25, -0.2) is 0 Å². The number of nitrogen functional groups attached to an aromatic ring is 2. The molecule has 0 heterocycles. The van der Waals surface area contributed by atoms with Gasteiger partial charge in [-0.05, 0) is 43.2 Å². The Morgan fingerprint density at radius 2 is 1.71 bits per heavy atom. The zero-order chi connectivity index (χ0) is 12.4. The van der Waals surface area contributed by atoms with Crippen LogP contribution in [-0.2, 0) is 0 Å². The van der Waals surface area contributed by atoms with Gasteiger partial charge in [-0.2, -0.15) is 0 Å². The maximum Gasteiger partial charge on any atom is 0.130 e. The summed E-state index contributed by atoms with van der Waals surface area (Å²) in [6.45, 7) is 4.09. The van der Waals surface area contributed by atoms with Crippen LogP contribution in [0.15, 0.2) is 36.4 Å². The summed E-state index contributed by atoms with van der Waals surface area (Å²) < 4.78 is 5.79. The first kappa shape index (κ1) is 11.3. The summed E-state index contributed by atoms with van der Waals surface area (Å²) in [5.74, 6) is 1.54. The molecule has 88 valence electrons. The monoisotopic (exact) mass is 228 g/mol. The van der Waals surface area contributed by atoms with Crippen LogP contribution in [0.4, 0.5) is 11.4 Å². The highest BCUT2D eigenvalue weighted by atomic mass is 16.5. The average Bonchev–Trinajstić information content (AvgIpc) is 2.30. The zero-order valence-corrected chi connectivity index (χ0v) is 10.0. The highest BCUT2D eigenvalue weighted by Gasteiger charge is 2.04. The maximum absolute atomic E-state index is 5.79. The lowest BCUT2D eigenvalue weighted by Gasteiger charge is -2.11. The van der Waals surface area contributed by atoms with Crippen molar-refractivity contribution in [2.45, 2.75) is 13.8 Å². The van der Waals surface area contributed by atoms with Crippen LogP contribution in [0.5, 0.6) is 11.5 Å². The van der Waals surface area contributed by atoms with E-state index in [9.17, 15) is 0 Å². The molecule has 0 amide bonds. The van der Waals surface area contributed by atoms with E-state index in [1.54, 1.807) is 12.1 Å². The smallest absolute Gasteiger partial charge is 0.130 e. The molecule has 0 fully saturated rings. The molecule has 0 aliphatic carbocycles. The molecule has 0 bridgehead atoms. The fraction of sp³-hybridized carbons (Fsp3) is 0.143. The van der Waals surface area contributed by atoms with Crippen LogP contribution in [0, 0.1) is 13.8 Å². The molecule has 0 aliphatic heterocycles. The van der Waals surface area contributed by atoms with Gasteiger partial charge >= 0.3 is 0 Å². The van der Waals surface area contributed by atoms with Gasteiger partial charge in [0, 0.05) is 6.07 Å². The summed E-state index contributed by atoms with van der Waals surface area (Å²) in [5.41, 5.74) is 14.8. The number of rotatable bonds is 2. The summed E-state index contributed by atoms with van der Waals surface area (Å²) in [5, 5.41) is 0. The van der Waals surface area contributed by atoms with E-state index in [0.29, 0.717) is 17.1 Å². The van der Waals surface area contributed by atoms with Crippen LogP contribution in [0.2, 0.25) is 0 Å². The summed E-state index contributed by atoms with van der Waals surface area (Å²) in [6, 6.07) is 11.3. The predicted octanol–water partition coefficient (Wildman–Crippen LogP) is 3.26. The van der Waals surface area contributed by atoms with Crippen molar-refractivity contribution in [1.82, 2.24) is 0 Å². The van der Waals surface area contributed by atoms with Crippen LogP contribution in [0.25, 0.3) is 0 Å². The Labute approximate surface area is 101 Å². The Balaban J connectivity index is 2.31. The Bertz CT molecular complexity index is 550. The second-order valence-electron chi connectivity index (χ2n) is 4.09. The Morgan fingerprint density at radius 1 is 0.941 bits per heavy atom. The van der Waals surface area contributed by atoms with E-state index in [2.05, 4.69) is 13.0 Å². The second kappa shape index (κ2) is 4.37. The summed E-state index contributed by atoms with van der Waals surface area (Å²) >= 11 is 0. The number of nitrogens with two attached hydrogens (primary N) is 2. The van der Waals surface area contributed by atoms with E-state index in [-0.39, 0.29) is 0 Å². The molecule has 0 saturated heterocycles. The molecule has 0 spiro atoms. The molecule has 0 saturated carbocycles. The van der Waals surface area contributed by atoms with Crippen LogP contribution in [0.1, 0.15) is 11.1 Å². The molecule has 3 heteroatoms. The SMILES string of the molecule is Cc1cccc(Oc2ccc(N)c(N)c2)c1C. The molecular weight excluding hydrogens is 212 g/mol. The van der Waals surface area contributed by atoms with Crippen molar-refractivity contribution < 1.29 is 4.74 Å². The lowest BCUT2D eigenvalue weighted by molar-refractivity contribution is 0.479. The molecule has 2 rings (SSSR count). The topological polar surface area (TPSA) is 61.3 Å². The first-order valence-corrected chi connectivity index (χ1v) is 5.47. The van der Waals surface area contributed by atoms with Gasteiger partial charge in [-0.15, -0.1) is 0 Å². The molecule has 0 aromatic heterocycles. The van der Waals surface area contributed by atoms with Crippen LogP contribution in [-0.4, -0.2) is 0 Å². The van der Waals surface area contributed by atoms with Gasteiger partial charge in [-0.1, -0.05) is 12.1 Å². The van der Waals surface area contributed by atoms with Crippen molar-refractivity contribution in [2.75, 3.05) is 11.5 Å². The Kier molecular flexibility index (Phi) is 2.91. The molecule has 2 aromatic carbocycles. The van der Waals surface area contributed by atoms with Crippen molar-refractivity contribution >= 4 is 11.4 Å². The molecule has 0 aliphatic rings. The van der Waals surface area contributed by atoms with Gasteiger partial charge < -0.3 is 16.2 Å². The molecule has 0 radical (unpaired) electrons. The van der Waals surface area contributed by atoms with Crippen LogP contribution in [0.3, 0.4) is 0 Å². The van der Waals surface area contributed by atoms with Gasteiger partial charge in [0.05, 0.1) is 11.4 Å².